The van der Waals surface area contributed by atoms with E-state index in [0.29, 0.717) is 35.5 Å². The Bertz CT molecular complexity index is 929. The topological polar surface area (TPSA) is 88.8 Å². The van der Waals surface area contributed by atoms with Crippen LogP contribution in [-0.2, 0) is 7.05 Å². The van der Waals surface area contributed by atoms with Gasteiger partial charge in [0.05, 0.1) is 24.5 Å². The van der Waals surface area contributed by atoms with Gasteiger partial charge >= 0.3 is 0 Å². The number of amides is 1. The van der Waals surface area contributed by atoms with Crippen molar-refractivity contribution in [2.75, 3.05) is 18.0 Å². The molecule has 2 atom stereocenters. The van der Waals surface area contributed by atoms with E-state index in [1.807, 2.05) is 11.9 Å². The van der Waals surface area contributed by atoms with E-state index in [-0.39, 0.29) is 18.5 Å². The number of carbonyl (C=O) groups is 1. The fraction of sp³-hybridized carbons (Fsp3) is 0.353. The van der Waals surface area contributed by atoms with Crippen LogP contribution in [0.3, 0.4) is 0 Å². The Morgan fingerprint density at radius 2 is 2.23 bits per heavy atom. The van der Waals surface area contributed by atoms with Crippen LogP contribution >= 0.6 is 0 Å². The summed E-state index contributed by atoms with van der Waals surface area (Å²) in [5.74, 6) is 0.362. The van der Waals surface area contributed by atoms with Crippen LogP contribution < -0.4 is 10.2 Å². The Morgan fingerprint density at radius 1 is 1.35 bits per heavy atom. The first kappa shape index (κ1) is 16.4. The van der Waals surface area contributed by atoms with Crippen molar-refractivity contribution in [1.29, 1.82) is 0 Å². The minimum absolute atomic E-state index is 0.174. The summed E-state index contributed by atoms with van der Waals surface area (Å²) in [6.45, 7) is 0.561. The molecule has 0 radical (unpaired) electrons. The molecule has 0 aliphatic carbocycles. The Labute approximate surface area is 149 Å². The Kier molecular flexibility index (Phi) is 4.19. The first-order valence-electron chi connectivity index (χ1n) is 8.36. The highest BCUT2D eigenvalue weighted by molar-refractivity contribution is 6.04. The van der Waals surface area contributed by atoms with Crippen molar-refractivity contribution in [3.8, 4) is 0 Å². The lowest BCUT2D eigenvalue weighted by atomic mass is 10.2. The molecule has 0 saturated carbocycles. The zero-order valence-corrected chi connectivity index (χ0v) is 14.2. The number of alkyl halides is 1. The van der Waals surface area contributed by atoms with Crippen LogP contribution in [-0.4, -0.2) is 55.9 Å². The summed E-state index contributed by atoms with van der Waals surface area (Å²) < 4.78 is 15.7. The van der Waals surface area contributed by atoms with Crippen molar-refractivity contribution in [3.63, 3.8) is 0 Å². The summed E-state index contributed by atoms with van der Waals surface area (Å²) in [7, 11) is 1.82. The second-order valence-electron chi connectivity index (χ2n) is 6.32. The van der Waals surface area contributed by atoms with E-state index >= 15 is 0 Å². The van der Waals surface area contributed by atoms with Gasteiger partial charge in [0, 0.05) is 32.4 Å². The van der Waals surface area contributed by atoms with Gasteiger partial charge in [-0.1, -0.05) is 0 Å². The van der Waals surface area contributed by atoms with Crippen LogP contribution in [0.15, 0.2) is 36.9 Å². The van der Waals surface area contributed by atoms with Gasteiger partial charge in [-0.3, -0.25) is 4.79 Å². The quantitative estimate of drug-likeness (QED) is 0.754. The number of nitrogens with zero attached hydrogens (tertiary/aromatic N) is 6. The molecule has 4 heterocycles. The molecule has 26 heavy (non-hydrogen) atoms. The molecule has 0 aromatic carbocycles. The van der Waals surface area contributed by atoms with Crippen molar-refractivity contribution < 1.29 is 9.18 Å². The number of anilines is 1. The van der Waals surface area contributed by atoms with Gasteiger partial charge in [-0.25, -0.2) is 14.4 Å². The number of nitrogens with one attached hydrogen (secondary N) is 1. The van der Waals surface area contributed by atoms with Crippen LogP contribution in [0, 0.1) is 0 Å². The molecular weight excluding hydrogens is 337 g/mol. The molecule has 3 aromatic heterocycles. The third-order valence-corrected chi connectivity index (χ3v) is 4.56. The predicted molar refractivity (Wildman–Crippen MR) is 93.5 cm³/mol. The van der Waals surface area contributed by atoms with Crippen molar-refractivity contribution in [3.05, 3.63) is 42.5 Å². The standard InChI is InChI=1S/C17H18FN7O/c1-24-10-21-15-13(4-6-19-16(15)24)17(26)20-8-12-7-11(18)9-25(12)14-3-2-5-22-23-14/h2-6,10-12H,7-9H2,1H3,(H,20,26)/t11-,12-/m0/s1. The van der Waals surface area contributed by atoms with Crippen molar-refractivity contribution in [2.45, 2.75) is 18.6 Å². The maximum Gasteiger partial charge on any atom is 0.253 e. The molecule has 1 saturated heterocycles. The number of halogens is 1. The average Bonchev–Trinajstić information content (AvgIpc) is 3.23. The van der Waals surface area contributed by atoms with Gasteiger partial charge in [-0.2, -0.15) is 5.10 Å². The minimum Gasteiger partial charge on any atom is -0.350 e. The molecule has 9 heteroatoms. The van der Waals surface area contributed by atoms with Gasteiger partial charge in [-0.15, -0.1) is 5.10 Å². The number of hydrogen-bond acceptors (Lipinski definition) is 6. The molecule has 0 spiro atoms. The highest BCUT2D eigenvalue weighted by atomic mass is 19.1. The minimum atomic E-state index is -0.956. The maximum atomic E-state index is 13.9. The Morgan fingerprint density at radius 3 is 3.04 bits per heavy atom. The molecule has 8 nitrogen and oxygen atoms in total. The van der Waals surface area contributed by atoms with Gasteiger partial charge in [0.15, 0.2) is 11.5 Å². The number of imidazole rings is 1. The molecule has 1 amide bonds. The molecule has 3 aromatic rings. The number of carbonyl (C=O) groups excluding carboxylic acids is 1. The fourth-order valence-corrected chi connectivity index (χ4v) is 3.30. The lowest BCUT2D eigenvalue weighted by molar-refractivity contribution is 0.0952. The summed E-state index contributed by atoms with van der Waals surface area (Å²) >= 11 is 0. The van der Waals surface area contributed by atoms with E-state index in [0.717, 1.165) is 0 Å². The smallest absolute Gasteiger partial charge is 0.253 e. The highest BCUT2D eigenvalue weighted by Gasteiger charge is 2.33. The van der Waals surface area contributed by atoms with Crippen molar-refractivity contribution in [2.24, 2.45) is 7.05 Å². The van der Waals surface area contributed by atoms with E-state index in [4.69, 9.17) is 0 Å². The van der Waals surface area contributed by atoms with E-state index in [1.54, 1.807) is 41.5 Å². The van der Waals surface area contributed by atoms with Crippen LogP contribution in [0.4, 0.5) is 10.2 Å². The second-order valence-corrected chi connectivity index (χ2v) is 6.32. The van der Waals surface area contributed by atoms with Gasteiger partial charge in [0.2, 0.25) is 0 Å². The normalized spacial score (nSPS) is 19.8. The molecule has 1 fully saturated rings. The largest absolute Gasteiger partial charge is 0.350 e. The molecule has 0 unspecified atom stereocenters. The van der Waals surface area contributed by atoms with Crippen LogP contribution in [0.1, 0.15) is 16.8 Å². The summed E-state index contributed by atoms with van der Waals surface area (Å²) in [5, 5.41) is 10.8. The van der Waals surface area contributed by atoms with E-state index in [1.165, 1.54) is 0 Å². The Hall–Kier alpha value is -3.10. The van der Waals surface area contributed by atoms with Gasteiger partial charge in [-0.05, 0) is 18.2 Å². The lowest BCUT2D eigenvalue weighted by Gasteiger charge is -2.24. The molecular formula is C17H18FN7O. The van der Waals surface area contributed by atoms with Crippen LogP contribution in [0.5, 0.6) is 0 Å². The van der Waals surface area contributed by atoms with Gasteiger partial charge < -0.3 is 14.8 Å². The molecule has 134 valence electrons. The first-order valence-corrected chi connectivity index (χ1v) is 8.36. The number of rotatable bonds is 4. The fourth-order valence-electron chi connectivity index (χ4n) is 3.30. The number of aromatic nitrogens is 5. The van der Waals surface area contributed by atoms with Gasteiger partial charge in [0.25, 0.3) is 5.91 Å². The average molecular weight is 355 g/mol. The molecule has 1 N–H and O–H groups in total. The lowest BCUT2D eigenvalue weighted by Crippen LogP contribution is -2.40. The highest BCUT2D eigenvalue weighted by Crippen LogP contribution is 2.25. The SMILES string of the molecule is Cn1cnc2c(C(=O)NC[C@@H]3C[C@H](F)CN3c3cccnn3)ccnc21. The molecule has 1 aliphatic rings. The van der Waals surface area contributed by atoms with E-state index < -0.39 is 6.17 Å². The molecule has 4 rings (SSSR count). The van der Waals surface area contributed by atoms with Crippen molar-refractivity contribution in [1.82, 2.24) is 30.0 Å². The zero-order chi connectivity index (χ0) is 18.1. The molecule has 1 aliphatic heterocycles. The number of aryl methyl sites for hydroxylation is 1. The summed E-state index contributed by atoms with van der Waals surface area (Å²) in [6.07, 6.45) is 4.16. The van der Waals surface area contributed by atoms with Gasteiger partial charge in [0.1, 0.15) is 11.7 Å². The second kappa shape index (κ2) is 6.66. The Balaban J connectivity index is 1.50. The first-order chi connectivity index (χ1) is 12.6. The summed E-state index contributed by atoms with van der Waals surface area (Å²) in [4.78, 5) is 22.9. The molecule has 0 bridgehead atoms. The maximum absolute atomic E-state index is 13.9. The summed E-state index contributed by atoms with van der Waals surface area (Å²) in [6, 6.07) is 5.02. The van der Waals surface area contributed by atoms with E-state index in [2.05, 4.69) is 25.5 Å². The number of hydrogen-bond donors (Lipinski definition) is 1. The number of pyridine rings is 1. The number of fused-ring (bicyclic) bond motifs is 1. The van der Waals surface area contributed by atoms with Crippen LogP contribution in [0.2, 0.25) is 0 Å². The monoisotopic (exact) mass is 355 g/mol. The zero-order valence-electron chi connectivity index (χ0n) is 14.2. The third kappa shape index (κ3) is 2.96. The van der Waals surface area contributed by atoms with E-state index in [9.17, 15) is 9.18 Å². The van der Waals surface area contributed by atoms with Crippen LogP contribution in [0.25, 0.3) is 11.2 Å². The summed E-state index contributed by atoms with van der Waals surface area (Å²) in [5.41, 5.74) is 1.65. The predicted octanol–water partition coefficient (Wildman–Crippen LogP) is 1.11. The third-order valence-electron chi connectivity index (χ3n) is 4.56. The van der Waals surface area contributed by atoms with Crippen molar-refractivity contribution >= 4 is 22.9 Å².